The highest BCUT2D eigenvalue weighted by molar-refractivity contribution is 8.00. The molecular weight excluding hydrogens is 438 g/mol. The minimum absolute atomic E-state index is 0.00731. The van der Waals surface area contributed by atoms with Crippen molar-refractivity contribution in [3.8, 4) is 10.6 Å². The number of thiazole rings is 1. The highest BCUT2D eigenvalue weighted by atomic mass is 32.2. The smallest absolute Gasteiger partial charge is 0.369 e. The van der Waals surface area contributed by atoms with Gasteiger partial charge in [0.2, 0.25) is 0 Å². The molecule has 1 unspecified atom stereocenters. The maximum Gasteiger partial charge on any atom is 0.446 e. The Morgan fingerprint density at radius 3 is 2.67 bits per heavy atom. The lowest BCUT2D eigenvalue weighted by molar-refractivity contribution is -0.0328. The number of aliphatic hydroxyl groups excluding tert-OH is 1. The number of pyridine rings is 1. The maximum atomic E-state index is 13.4. The highest BCUT2D eigenvalue weighted by Crippen LogP contribution is 2.38. The van der Waals surface area contributed by atoms with Gasteiger partial charge in [0.1, 0.15) is 10.8 Å². The largest absolute Gasteiger partial charge is 0.446 e. The maximum absolute atomic E-state index is 13.4. The molecule has 4 rings (SSSR count). The minimum Gasteiger partial charge on any atom is -0.369 e. The fraction of sp³-hybridized carbons (Fsp3) is 0.100. The fourth-order valence-corrected chi connectivity index (χ4v) is 4.38. The molecule has 10 heteroatoms. The molecule has 0 aliphatic rings. The molecule has 4 nitrogen and oxygen atoms in total. The van der Waals surface area contributed by atoms with Crippen molar-refractivity contribution in [3.63, 3.8) is 0 Å². The van der Waals surface area contributed by atoms with E-state index in [-0.39, 0.29) is 16.7 Å². The molecule has 2 N–H and O–H groups in total. The highest BCUT2D eigenvalue weighted by Gasteiger charge is 2.29. The molecule has 2 heterocycles. The quantitative estimate of drug-likeness (QED) is 0.215. The zero-order valence-corrected chi connectivity index (χ0v) is 16.7. The van der Waals surface area contributed by atoms with E-state index in [0.29, 0.717) is 27.3 Å². The third-order valence-corrected chi connectivity index (χ3v) is 5.84. The first-order valence-corrected chi connectivity index (χ1v) is 10.2. The van der Waals surface area contributed by atoms with Gasteiger partial charge in [-0.3, -0.25) is 4.98 Å². The molecule has 154 valence electrons. The molecule has 2 aromatic carbocycles. The topological polar surface area (TPSA) is 58.0 Å². The molecule has 0 fully saturated rings. The van der Waals surface area contributed by atoms with Gasteiger partial charge in [-0.05, 0) is 48.2 Å². The van der Waals surface area contributed by atoms with Crippen LogP contribution in [0.2, 0.25) is 0 Å². The van der Waals surface area contributed by atoms with Crippen LogP contribution < -0.4 is 5.32 Å². The van der Waals surface area contributed by atoms with Crippen molar-refractivity contribution in [1.29, 1.82) is 0 Å². The van der Waals surface area contributed by atoms with Crippen LogP contribution in [0, 0.1) is 5.82 Å². The molecule has 0 spiro atoms. The van der Waals surface area contributed by atoms with E-state index < -0.39 is 17.6 Å². The van der Waals surface area contributed by atoms with Crippen molar-refractivity contribution in [3.05, 3.63) is 72.3 Å². The average molecular weight is 451 g/mol. The Morgan fingerprint density at radius 1 is 1.07 bits per heavy atom. The Bertz CT molecular complexity index is 1200. The van der Waals surface area contributed by atoms with Crippen molar-refractivity contribution in [1.82, 2.24) is 9.97 Å². The summed E-state index contributed by atoms with van der Waals surface area (Å²) in [7, 11) is 0. The summed E-state index contributed by atoms with van der Waals surface area (Å²) in [6.07, 6.45) is 1.44. The molecule has 30 heavy (non-hydrogen) atoms. The van der Waals surface area contributed by atoms with Crippen LogP contribution in [-0.2, 0) is 0 Å². The van der Waals surface area contributed by atoms with E-state index in [9.17, 15) is 22.7 Å². The van der Waals surface area contributed by atoms with Crippen LogP contribution in [0.4, 0.5) is 23.2 Å². The van der Waals surface area contributed by atoms with Gasteiger partial charge in [-0.1, -0.05) is 12.1 Å². The van der Waals surface area contributed by atoms with Crippen LogP contribution in [0.15, 0.2) is 65.8 Å². The first kappa shape index (κ1) is 20.6. The summed E-state index contributed by atoms with van der Waals surface area (Å²) < 4.78 is 51.9. The number of nitrogens with zero attached hydrogens (tertiary/aromatic N) is 2. The summed E-state index contributed by atoms with van der Waals surface area (Å²) in [5.41, 5.74) is -2.27. The summed E-state index contributed by atoms with van der Waals surface area (Å²) in [6.45, 7) is 0. The first-order valence-electron chi connectivity index (χ1n) is 8.59. The van der Waals surface area contributed by atoms with Gasteiger partial charge in [0, 0.05) is 27.9 Å². The van der Waals surface area contributed by atoms with Crippen molar-refractivity contribution < 1.29 is 22.7 Å². The van der Waals surface area contributed by atoms with Crippen molar-refractivity contribution in [2.45, 2.75) is 16.6 Å². The number of rotatable bonds is 5. The number of hydrogen-bond acceptors (Lipinski definition) is 6. The summed E-state index contributed by atoms with van der Waals surface area (Å²) in [4.78, 5) is 8.28. The average Bonchev–Trinajstić information content (AvgIpc) is 3.10. The molecule has 2 aromatic heterocycles. The summed E-state index contributed by atoms with van der Waals surface area (Å²) >= 11 is 1.10. The third-order valence-electron chi connectivity index (χ3n) is 4.05. The molecule has 4 aromatic rings. The third kappa shape index (κ3) is 4.89. The Kier molecular flexibility index (Phi) is 5.63. The van der Waals surface area contributed by atoms with Gasteiger partial charge in [-0.15, -0.1) is 11.3 Å². The number of benzene rings is 2. The molecule has 0 bridgehead atoms. The molecule has 0 saturated heterocycles. The second kappa shape index (κ2) is 8.21. The zero-order chi connectivity index (χ0) is 21.3. The van der Waals surface area contributed by atoms with Gasteiger partial charge in [0.15, 0.2) is 6.23 Å². The van der Waals surface area contributed by atoms with E-state index in [1.807, 2.05) is 0 Å². The SMILES string of the molecule is OC(Nc1ccc2nc(-c3cncc(F)c3)sc2c1)c1cccc(SC(F)(F)F)c1. The van der Waals surface area contributed by atoms with Gasteiger partial charge >= 0.3 is 5.51 Å². The van der Waals surface area contributed by atoms with Crippen LogP contribution in [0.3, 0.4) is 0 Å². The van der Waals surface area contributed by atoms with E-state index in [4.69, 9.17) is 0 Å². The lowest BCUT2D eigenvalue weighted by atomic mass is 10.2. The number of anilines is 1. The number of aliphatic hydroxyl groups is 1. The fourth-order valence-electron chi connectivity index (χ4n) is 2.79. The molecule has 1 atom stereocenters. The van der Waals surface area contributed by atoms with Crippen molar-refractivity contribution in [2.24, 2.45) is 0 Å². The van der Waals surface area contributed by atoms with E-state index in [0.717, 1.165) is 10.9 Å². The van der Waals surface area contributed by atoms with Gasteiger partial charge in [0.25, 0.3) is 0 Å². The summed E-state index contributed by atoms with van der Waals surface area (Å²) in [6, 6.07) is 12.2. The number of alkyl halides is 3. The van der Waals surface area contributed by atoms with Crippen molar-refractivity contribution in [2.75, 3.05) is 5.32 Å². The Balaban J connectivity index is 1.54. The zero-order valence-electron chi connectivity index (χ0n) is 15.0. The molecule has 0 aliphatic carbocycles. The van der Waals surface area contributed by atoms with Crippen molar-refractivity contribution >= 4 is 39.0 Å². The lowest BCUT2D eigenvalue weighted by Crippen LogP contribution is -2.09. The van der Waals surface area contributed by atoms with Gasteiger partial charge < -0.3 is 10.4 Å². The standard InChI is InChI=1S/C20H13F4N3OS2/c21-13-6-12(9-25-10-13)19-27-16-5-4-14(8-17(16)29-19)26-18(28)11-2-1-3-15(7-11)30-20(22,23)24/h1-10,18,26,28H. The number of fused-ring (bicyclic) bond motifs is 1. The van der Waals surface area contributed by atoms with E-state index in [1.165, 1.54) is 41.8 Å². The number of halogens is 4. The minimum atomic E-state index is -4.40. The normalized spacial score (nSPS) is 12.8. The summed E-state index contributed by atoms with van der Waals surface area (Å²) in [5, 5.41) is 13.9. The first-order chi connectivity index (χ1) is 14.3. The second-order valence-corrected chi connectivity index (χ2v) is 8.43. The van der Waals surface area contributed by atoms with Gasteiger partial charge in [-0.25, -0.2) is 9.37 Å². The molecule has 0 aliphatic heterocycles. The van der Waals surface area contributed by atoms with Crippen LogP contribution in [0.1, 0.15) is 11.8 Å². The molecular formula is C20H13F4N3OS2. The number of aromatic nitrogens is 2. The second-order valence-electron chi connectivity index (χ2n) is 6.26. The molecule has 0 saturated carbocycles. The van der Waals surface area contributed by atoms with Crippen LogP contribution in [-0.4, -0.2) is 20.6 Å². The lowest BCUT2D eigenvalue weighted by Gasteiger charge is -2.15. The summed E-state index contributed by atoms with van der Waals surface area (Å²) in [5.74, 6) is -0.455. The van der Waals surface area contributed by atoms with Gasteiger partial charge in [0.05, 0.1) is 16.4 Å². The Labute approximate surface area is 176 Å². The van der Waals surface area contributed by atoms with E-state index in [1.54, 1.807) is 24.3 Å². The van der Waals surface area contributed by atoms with Crippen LogP contribution in [0.5, 0.6) is 0 Å². The number of nitrogens with one attached hydrogen (secondary N) is 1. The van der Waals surface area contributed by atoms with Crippen LogP contribution >= 0.6 is 23.1 Å². The Morgan fingerprint density at radius 2 is 1.90 bits per heavy atom. The monoisotopic (exact) mass is 451 g/mol. The number of thioether (sulfide) groups is 1. The van der Waals surface area contributed by atoms with E-state index in [2.05, 4.69) is 15.3 Å². The number of hydrogen-bond donors (Lipinski definition) is 2. The molecule has 0 radical (unpaired) electrons. The molecule has 0 amide bonds. The predicted molar refractivity (Wildman–Crippen MR) is 110 cm³/mol. The van der Waals surface area contributed by atoms with Crippen LogP contribution in [0.25, 0.3) is 20.8 Å². The van der Waals surface area contributed by atoms with E-state index >= 15 is 0 Å². The Hall–Kier alpha value is -2.69. The van der Waals surface area contributed by atoms with Gasteiger partial charge in [-0.2, -0.15) is 13.2 Å². The predicted octanol–water partition coefficient (Wildman–Crippen LogP) is 6.21.